The number of aryl methyl sites for hydroxylation is 3. The molecule has 1 atom stereocenters. The van der Waals surface area contributed by atoms with Gasteiger partial charge >= 0.3 is 0 Å². The van der Waals surface area contributed by atoms with Crippen molar-refractivity contribution in [1.82, 2.24) is 15.1 Å². The second-order valence-electron chi connectivity index (χ2n) is 4.81. The molecule has 0 spiro atoms. The van der Waals surface area contributed by atoms with Gasteiger partial charge in [-0.05, 0) is 71.3 Å². The molecular weight excluding hydrogens is 402 g/mol. The Balaban J connectivity index is 2.31. The summed E-state index contributed by atoms with van der Waals surface area (Å²) in [6, 6.07) is 2.56. The molecule has 20 heavy (non-hydrogen) atoms. The molecule has 0 aliphatic rings. The van der Waals surface area contributed by atoms with Crippen LogP contribution in [0.4, 0.5) is 0 Å². The van der Waals surface area contributed by atoms with Crippen LogP contribution in [0.5, 0.6) is 0 Å². The molecule has 1 N–H and O–H groups in total. The molecule has 110 valence electrons. The standard InChI is InChI=1S/C14H19Br2N3S/c1-5-19-11(13(15)9(3)18-19)7-10(17-4)12-6-8(2)14(16)20-12/h6,10,17H,5,7H2,1-4H3. The molecule has 2 aromatic rings. The average Bonchev–Trinajstić information content (AvgIpc) is 2.89. The molecule has 2 aromatic heterocycles. The fourth-order valence-electron chi connectivity index (χ4n) is 2.26. The molecule has 0 aliphatic carbocycles. The molecule has 0 fully saturated rings. The van der Waals surface area contributed by atoms with Gasteiger partial charge < -0.3 is 5.32 Å². The van der Waals surface area contributed by atoms with Crippen molar-refractivity contribution in [2.45, 2.75) is 39.8 Å². The molecule has 2 heterocycles. The number of rotatable bonds is 5. The van der Waals surface area contributed by atoms with Crippen molar-refractivity contribution in [2.24, 2.45) is 0 Å². The highest BCUT2D eigenvalue weighted by molar-refractivity contribution is 9.11. The number of nitrogens with one attached hydrogen (secondary N) is 1. The van der Waals surface area contributed by atoms with Gasteiger partial charge in [0.15, 0.2) is 0 Å². The van der Waals surface area contributed by atoms with Crippen LogP contribution in [0.15, 0.2) is 14.3 Å². The lowest BCUT2D eigenvalue weighted by molar-refractivity contribution is 0.545. The van der Waals surface area contributed by atoms with E-state index in [4.69, 9.17) is 0 Å². The third-order valence-corrected chi connectivity index (χ3v) is 6.70. The van der Waals surface area contributed by atoms with Crippen molar-refractivity contribution in [3.05, 3.63) is 36.2 Å². The lowest BCUT2D eigenvalue weighted by atomic mass is 10.1. The SMILES string of the molecule is CCn1nc(C)c(Br)c1CC(NC)c1cc(C)c(Br)s1. The topological polar surface area (TPSA) is 29.9 Å². The summed E-state index contributed by atoms with van der Waals surface area (Å²) in [7, 11) is 2.01. The highest BCUT2D eigenvalue weighted by atomic mass is 79.9. The zero-order chi connectivity index (χ0) is 14.9. The maximum atomic E-state index is 4.57. The van der Waals surface area contributed by atoms with E-state index in [-0.39, 0.29) is 0 Å². The van der Waals surface area contributed by atoms with Gasteiger partial charge in [-0.25, -0.2) is 0 Å². The molecule has 0 aromatic carbocycles. The summed E-state index contributed by atoms with van der Waals surface area (Å²) in [5, 5.41) is 7.99. The van der Waals surface area contributed by atoms with Crippen LogP contribution in [0.1, 0.15) is 34.8 Å². The largest absolute Gasteiger partial charge is 0.312 e. The Hall–Kier alpha value is -0.170. The number of hydrogen-bond acceptors (Lipinski definition) is 3. The average molecular weight is 421 g/mol. The highest BCUT2D eigenvalue weighted by Crippen LogP contribution is 2.34. The van der Waals surface area contributed by atoms with Gasteiger partial charge in [-0.3, -0.25) is 4.68 Å². The van der Waals surface area contributed by atoms with Gasteiger partial charge in [-0.15, -0.1) is 11.3 Å². The Morgan fingerprint density at radius 3 is 2.60 bits per heavy atom. The molecule has 1 unspecified atom stereocenters. The predicted molar refractivity (Wildman–Crippen MR) is 92.6 cm³/mol. The van der Waals surface area contributed by atoms with Crippen LogP contribution >= 0.6 is 43.2 Å². The Kier molecular flexibility index (Phi) is 5.45. The van der Waals surface area contributed by atoms with Crippen LogP contribution in [0.2, 0.25) is 0 Å². The van der Waals surface area contributed by atoms with Gasteiger partial charge in [0.2, 0.25) is 0 Å². The summed E-state index contributed by atoms with van der Waals surface area (Å²) in [5.74, 6) is 0. The molecule has 0 amide bonds. The number of thiophene rings is 1. The Labute approximate surface area is 141 Å². The van der Waals surface area contributed by atoms with E-state index in [0.29, 0.717) is 6.04 Å². The maximum absolute atomic E-state index is 4.57. The van der Waals surface area contributed by atoms with E-state index < -0.39 is 0 Å². The first-order valence-corrected chi connectivity index (χ1v) is 9.03. The number of halogens is 2. The van der Waals surface area contributed by atoms with E-state index in [1.807, 2.05) is 14.0 Å². The van der Waals surface area contributed by atoms with Gasteiger partial charge in [-0.1, -0.05) is 0 Å². The lowest BCUT2D eigenvalue weighted by Gasteiger charge is -2.15. The van der Waals surface area contributed by atoms with Crippen LogP contribution in [-0.4, -0.2) is 16.8 Å². The summed E-state index contributed by atoms with van der Waals surface area (Å²) in [5.41, 5.74) is 3.61. The summed E-state index contributed by atoms with van der Waals surface area (Å²) < 4.78 is 4.43. The lowest BCUT2D eigenvalue weighted by Crippen LogP contribution is -2.19. The van der Waals surface area contributed by atoms with Crippen molar-refractivity contribution in [2.75, 3.05) is 7.05 Å². The maximum Gasteiger partial charge on any atom is 0.0738 e. The Bertz CT molecular complexity index is 584. The first-order chi connectivity index (χ1) is 9.47. The molecule has 0 aliphatic heterocycles. The van der Waals surface area contributed by atoms with Gasteiger partial charge in [0.25, 0.3) is 0 Å². The minimum absolute atomic E-state index is 0.308. The number of hydrogen-bond donors (Lipinski definition) is 1. The smallest absolute Gasteiger partial charge is 0.0738 e. The molecule has 3 nitrogen and oxygen atoms in total. The number of aromatic nitrogens is 2. The third-order valence-electron chi connectivity index (χ3n) is 3.42. The third kappa shape index (κ3) is 3.18. The van der Waals surface area contributed by atoms with Crippen LogP contribution in [0.3, 0.4) is 0 Å². The second kappa shape index (κ2) is 6.73. The molecule has 6 heteroatoms. The normalized spacial score (nSPS) is 12.9. The summed E-state index contributed by atoms with van der Waals surface area (Å²) in [6.45, 7) is 7.20. The van der Waals surface area contributed by atoms with Crippen molar-refractivity contribution >= 4 is 43.2 Å². The van der Waals surface area contributed by atoms with Crippen LogP contribution in [-0.2, 0) is 13.0 Å². The van der Waals surface area contributed by atoms with Crippen molar-refractivity contribution in [3.8, 4) is 0 Å². The Morgan fingerprint density at radius 1 is 1.40 bits per heavy atom. The summed E-state index contributed by atoms with van der Waals surface area (Å²) in [6.07, 6.45) is 0.929. The monoisotopic (exact) mass is 419 g/mol. The van der Waals surface area contributed by atoms with E-state index in [2.05, 4.69) is 66.9 Å². The minimum atomic E-state index is 0.308. The van der Waals surface area contributed by atoms with E-state index in [0.717, 1.165) is 23.1 Å². The van der Waals surface area contributed by atoms with Crippen LogP contribution in [0, 0.1) is 13.8 Å². The fraction of sp³-hybridized carbons (Fsp3) is 0.500. The predicted octanol–water partition coefficient (Wildman–Crippen LogP) is 4.61. The van der Waals surface area contributed by atoms with E-state index in [9.17, 15) is 0 Å². The highest BCUT2D eigenvalue weighted by Gasteiger charge is 2.19. The minimum Gasteiger partial charge on any atom is -0.312 e. The summed E-state index contributed by atoms with van der Waals surface area (Å²) >= 11 is 9.09. The summed E-state index contributed by atoms with van der Waals surface area (Å²) in [4.78, 5) is 1.35. The molecular formula is C14H19Br2N3S. The van der Waals surface area contributed by atoms with Crippen molar-refractivity contribution < 1.29 is 0 Å². The first kappa shape index (κ1) is 16.2. The van der Waals surface area contributed by atoms with Crippen LogP contribution < -0.4 is 5.32 Å². The molecule has 2 rings (SSSR count). The first-order valence-electron chi connectivity index (χ1n) is 6.62. The molecule has 0 saturated carbocycles. The van der Waals surface area contributed by atoms with Gasteiger partial charge in [0, 0.05) is 23.9 Å². The van der Waals surface area contributed by atoms with E-state index >= 15 is 0 Å². The van der Waals surface area contributed by atoms with E-state index in [1.165, 1.54) is 19.9 Å². The molecule has 0 bridgehead atoms. The Morgan fingerprint density at radius 2 is 2.10 bits per heavy atom. The van der Waals surface area contributed by atoms with E-state index in [1.54, 1.807) is 11.3 Å². The van der Waals surface area contributed by atoms with Crippen molar-refractivity contribution in [3.63, 3.8) is 0 Å². The van der Waals surface area contributed by atoms with Gasteiger partial charge in [0.1, 0.15) is 0 Å². The second-order valence-corrected chi connectivity index (χ2v) is 8.01. The zero-order valence-electron chi connectivity index (χ0n) is 12.1. The van der Waals surface area contributed by atoms with Crippen LogP contribution in [0.25, 0.3) is 0 Å². The zero-order valence-corrected chi connectivity index (χ0v) is 16.1. The van der Waals surface area contributed by atoms with Gasteiger partial charge in [-0.2, -0.15) is 5.10 Å². The molecule has 0 radical (unpaired) electrons. The number of nitrogens with zero attached hydrogens (tertiary/aromatic N) is 2. The molecule has 0 saturated heterocycles. The van der Waals surface area contributed by atoms with Gasteiger partial charge in [0.05, 0.1) is 19.6 Å². The quantitative estimate of drug-likeness (QED) is 0.765. The van der Waals surface area contributed by atoms with Crippen molar-refractivity contribution in [1.29, 1.82) is 0 Å². The number of likely N-dealkylation sites (N-methyl/N-ethyl adjacent to an activating group) is 1. The fourth-order valence-corrected chi connectivity index (χ4v) is 4.38.